The highest BCUT2D eigenvalue weighted by Gasteiger charge is 2.17. The highest BCUT2D eigenvalue weighted by Crippen LogP contribution is 2.16. The molecule has 20 heavy (non-hydrogen) atoms. The molecule has 5 nitrogen and oxygen atoms in total. The topological polar surface area (TPSA) is 64.2 Å². The predicted molar refractivity (Wildman–Crippen MR) is 79.2 cm³/mol. The summed E-state index contributed by atoms with van der Waals surface area (Å²) in [6, 6.07) is 5.42. The highest BCUT2D eigenvalue weighted by atomic mass is 16.2. The number of amides is 1. The van der Waals surface area contributed by atoms with Crippen LogP contribution in [-0.2, 0) is 13.6 Å². The Morgan fingerprint density at radius 1 is 1.45 bits per heavy atom. The summed E-state index contributed by atoms with van der Waals surface area (Å²) >= 11 is 0. The second-order valence-electron chi connectivity index (χ2n) is 4.92. The average molecular weight is 272 g/mol. The van der Waals surface area contributed by atoms with Gasteiger partial charge < -0.3 is 10.6 Å². The number of nitrogen functional groups attached to an aromatic ring is 1. The van der Waals surface area contributed by atoms with Crippen LogP contribution in [0.5, 0.6) is 0 Å². The molecule has 1 aromatic heterocycles. The Morgan fingerprint density at radius 3 is 2.80 bits per heavy atom. The maximum absolute atomic E-state index is 12.6. The third-order valence-corrected chi connectivity index (χ3v) is 3.29. The predicted octanol–water partition coefficient (Wildman–Crippen LogP) is 1.97. The lowest BCUT2D eigenvalue weighted by Gasteiger charge is -2.21. The molecule has 106 valence electrons. The zero-order chi connectivity index (χ0) is 14.7. The Hall–Kier alpha value is -2.30. The first-order valence-corrected chi connectivity index (χ1v) is 6.64. The summed E-state index contributed by atoms with van der Waals surface area (Å²) in [5.74, 6) is 0.00107. The Kier molecular flexibility index (Phi) is 4.08. The summed E-state index contributed by atoms with van der Waals surface area (Å²) in [4.78, 5) is 14.4. The van der Waals surface area contributed by atoms with Crippen molar-refractivity contribution in [1.82, 2.24) is 14.7 Å². The fraction of sp³-hybridized carbons (Fsp3) is 0.333. The number of nitrogens with two attached hydrogens (primary N) is 1. The minimum Gasteiger partial charge on any atom is -0.399 e. The maximum atomic E-state index is 12.6. The zero-order valence-corrected chi connectivity index (χ0v) is 12.1. The number of carbonyl (C=O) groups is 1. The van der Waals surface area contributed by atoms with Gasteiger partial charge in [0, 0.05) is 43.1 Å². The van der Waals surface area contributed by atoms with Crippen molar-refractivity contribution >= 4 is 11.6 Å². The van der Waals surface area contributed by atoms with Crippen molar-refractivity contribution in [2.75, 3.05) is 12.3 Å². The SMILES string of the molecule is CCN(Cc1cnn(C)c1)C(=O)c1cc(N)ccc1C. The van der Waals surface area contributed by atoms with Crippen LogP contribution in [0.2, 0.25) is 0 Å². The van der Waals surface area contributed by atoms with E-state index in [1.54, 1.807) is 21.8 Å². The number of hydrogen-bond donors (Lipinski definition) is 1. The molecule has 2 aromatic rings. The van der Waals surface area contributed by atoms with Gasteiger partial charge in [0.25, 0.3) is 5.91 Å². The van der Waals surface area contributed by atoms with E-state index in [4.69, 9.17) is 5.73 Å². The van der Waals surface area contributed by atoms with Gasteiger partial charge in [-0.05, 0) is 31.5 Å². The molecule has 0 unspecified atom stereocenters. The van der Waals surface area contributed by atoms with Crippen molar-refractivity contribution in [1.29, 1.82) is 0 Å². The monoisotopic (exact) mass is 272 g/mol. The molecule has 0 saturated heterocycles. The summed E-state index contributed by atoms with van der Waals surface area (Å²) < 4.78 is 1.74. The van der Waals surface area contributed by atoms with E-state index in [0.717, 1.165) is 11.1 Å². The van der Waals surface area contributed by atoms with Crippen molar-refractivity contribution in [2.45, 2.75) is 20.4 Å². The van der Waals surface area contributed by atoms with Crippen molar-refractivity contribution in [3.05, 3.63) is 47.3 Å². The fourth-order valence-corrected chi connectivity index (χ4v) is 2.14. The Balaban J connectivity index is 2.22. The molecule has 1 amide bonds. The molecule has 5 heteroatoms. The molecule has 2 rings (SSSR count). The molecule has 0 saturated carbocycles. The van der Waals surface area contributed by atoms with Crippen molar-refractivity contribution in [3.8, 4) is 0 Å². The van der Waals surface area contributed by atoms with Crippen LogP contribution in [0.1, 0.15) is 28.4 Å². The summed E-state index contributed by atoms with van der Waals surface area (Å²) in [5, 5.41) is 4.13. The van der Waals surface area contributed by atoms with E-state index in [-0.39, 0.29) is 5.91 Å². The van der Waals surface area contributed by atoms with Gasteiger partial charge in [-0.1, -0.05) is 6.07 Å². The van der Waals surface area contributed by atoms with E-state index in [2.05, 4.69) is 5.10 Å². The number of nitrogens with zero attached hydrogens (tertiary/aromatic N) is 3. The number of rotatable bonds is 4. The molecule has 0 fully saturated rings. The lowest BCUT2D eigenvalue weighted by Crippen LogP contribution is -2.30. The summed E-state index contributed by atoms with van der Waals surface area (Å²) in [7, 11) is 1.86. The highest BCUT2D eigenvalue weighted by molar-refractivity contribution is 5.96. The molecule has 2 N–H and O–H groups in total. The minimum atomic E-state index is 0.00107. The van der Waals surface area contributed by atoms with E-state index < -0.39 is 0 Å². The van der Waals surface area contributed by atoms with Crippen molar-refractivity contribution in [2.24, 2.45) is 7.05 Å². The van der Waals surface area contributed by atoms with Crippen LogP contribution in [0, 0.1) is 6.92 Å². The van der Waals surface area contributed by atoms with E-state index in [1.165, 1.54) is 0 Å². The van der Waals surface area contributed by atoms with E-state index in [1.807, 2.05) is 39.2 Å². The van der Waals surface area contributed by atoms with E-state index in [9.17, 15) is 4.79 Å². The molecule has 1 heterocycles. The summed E-state index contributed by atoms with van der Waals surface area (Å²) in [6.07, 6.45) is 3.70. The first kappa shape index (κ1) is 14.1. The van der Waals surface area contributed by atoms with E-state index in [0.29, 0.717) is 24.3 Å². The Bertz CT molecular complexity index is 618. The van der Waals surface area contributed by atoms with Crippen LogP contribution >= 0.6 is 0 Å². The maximum Gasteiger partial charge on any atom is 0.254 e. The first-order chi connectivity index (χ1) is 9.51. The second-order valence-corrected chi connectivity index (χ2v) is 4.92. The van der Waals surface area contributed by atoms with Gasteiger partial charge in [-0.15, -0.1) is 0 Å². The molecule has 0 radical (unpaired) electrons. The van der Waals surface area contributed by atoms with Crippen LogP contribution < -0.4 is 5.73 Å². The molecule has 0 atom stereocenters. The molecule has 0 aliphatic rings. The van der Waals surface area contributed by atoms with Gasteiger partial charge in [0.15, 0.2) is 0 Å². The van der Waals surface area contributed by atoms with E-state index >= 15 is 0 Å². The third-order valence-electron chi connectivity index (χ3n) is 3.29. The quantitative estimate of drug-likeness (QED) is 0.865. The average Bonchev–Trinajstić information content (AvgIpc) is 2.83. The Morgan fingerprint density at radius 2 is 2.20 bits per heavy atom. The molecule has 1 aromatic carbocycles. The van der Waals surface area contributed by atoms with Gasteiger partial charge in [0.05, 0.1) is 6.20 Å². The molecular weight excluding hydrogens is 252 g/mol. The van der Waals surface area contributed by atoms with Gasteiger partial charge in [0.1, 0.15) is 0 Å². The molecular formula is C15H20N4O. The molecule has 0 aliphatic heterocycles. The lowest BCUT2D eigenvalue weighted by atomic mass is 10.1. The number of carbonyl (C=O) groups excluding carboxylic acids is 1. The smallest absolute Gasteiger partial charge is 0.254 e. The van der Waals surface area contributed by atoms with Crippen LogP contribution in [-0.4, -0.2) is 27.1 Å². The second kappa shape index (κ2) is 5.77. The molecule has 0 bridgehead atoms. The van der Waals surface area contributed by atoms with Gasteiger partial charge >= 0.3 is 0 Å². The van der Waals surface area contributed by atoms with Crippen LogP contribution in [0.4, 0.5) is 5.69 Å². The molecule has 0 spiro atoms. The fourth-order valence-electron chi connectivity index (χ4n) is 2.14. The summed E-state index contributed by atoms with van der Waals surface area (Å²) in [5.41, 5.74) is 9.01. The third kappa shape index (κ3) is 2.99. The van der Waals surface area contributed by atoms with Gasteiger partial charge in [-0.3, -0.25) is 9.48 Å². The zero-order valence-electron chi connectivity index (χ0n) is 12.1. The van der Waals surface area contributed by atoms with Crippen molar-refractivity contribution < 1.29 is 4.79 Å². The number of benzene rings is 1. The number of hydrogen-bond acceptors (Lipinski definition) is 3. The lowest BCUT2D eigenvalue weighted by molar-refractivity contribution is 0.0752. The van der Waals surface area contributed by atoms with Gasteiger partial charge in [0.2, 0.25) is 0 Å². The van der Waals surface area contributed by atoms with Crippen LogP contribution in [0.25, 0.3) is 0 Å². The summed E-state index contributed by atoms with van der Waals surface area (Å²) in [6.45, 7) is 5.08. The Labute approximate surface area is 119 Å². The molecule has 0 aliphatic carbocycles. The van der Waals surface area contributed by atoms with Crippen LogP contribution in [0.15, 0.2) is 30.6 Å². The number of aryl methyl sites for hydroxylation is 2. The van der Waals surface area contributed by atoms with Gasteiger partial charge in [-0.2, -0.15) is 5.10 Å². The number of aromatic nitrogens is 2. The minimum absolute atomic E-state index is 0.00107. The van der Waals surface area contributed by atoms with Crippen molar-refractivity contribution in [3.63, 3.8) is 0 Å². The standard InChI is InChI=1S/C15H20N4O/c1-4-19(10-12-8-17-18(3)9-12)15(20)14-7-13(16)6-5-11(14)2/h5-9H,4,10,16H2,1-3H3. The first-order valence-electron chi connectivity index (χ1n) is 6.64. The number of anilines is 1. The largest absolute Gasteiger partial charge is 0.399 e. The normalized spacial score (nSPS) is 10.6. The van der Waals surface area contributed by atoms with Crippen LogP contribution in [0.3, 0.4) is 0 Å². The van der Waals surface area contributed by atoms with Gasteiger partial charge in [-0.25, -0.2) is 0 Å².